The molecule has 1 atom stereocenters. The first-order chi connectivity index (χ1) is 15.3. The maximum atomic E-state index is 14.5. The molecule has 1 aliphatic carbocycles. The summed E-state index contributed by atoms with van der Waals surface area (Å²) in [7, 11) is 0. The SMILES string of the molecule is CC(C)(C)OC(=O)N1CCn2c(C3CC3)nc(I)c2C1CCc1ccc(C(F)(F)F)cc1F. The number of rotatable bonds is 4. The first-order valence-corrected chi connectivity index (χ1v) is 12.0. The Hall–Kier alpha value is -1.85. The molecule has 0 bridgehead atoms. The smallest absolute Gasteiger partial charge is 0.416 e. The number of ether oxygens (including phenoxy) is 1. The highest BCUT2D eigenvalue weighted by molar-refractivity contribution is 14.1. The zero-order valence-corrected chi connectivity index (χ0v) is 20.8. The van der Waals surface area contributed by atoms with Crippen LogP contribution < -0.4 is 0 Å². The van der Waals surface area contributed by atoms with Gasteiger partial charge in [-0.25, -0.2) is 14.2 Å². The second-order valence-corrected chi connectivity index (χ2v) is 10.6. The van der Waals surface area contributed by atoms with Crippen LogP contribution in [0.5, 0.6) is 0 Å². The van der Waals surface area contributed by atoms with E-state index in [0.29, 0.717) is 31.5 Å². The molecule has 10 heteroatoms. The summed E-state index contributed by atoms with van der Waals surface area (Å²) in [5.41, 5.74) is -0.618. The van der Waals surface area contributed by atoms with Crippen LogP contribution in [0.4, 0.5) is 22.4 Å². The van der Waals surface area contributed by atoms with Crippen molar-refractivity contribution in [2.24, 2.45) is 0 Å². The van der Waals surface area contributed by atoms with E-state index in [-0.39, 0.29) is 12.0 Å². The van der Waals surface area contributed by atoms with Gasteiger partial charge in [-0.2, -0.15) is 13.2 Å². The van der Waals surface area contributed by atoms with E-state index in [0.717, 1.165) is 34.1 Å². The molecule has 1 amide bonds. The van der Waals surface area contributed by atoms with Crippen molar-refractivity contribution >= 4 is 28.7 Å². The summed E-state index contributed by atoms with van der Waals surface area (Å²) in [6.45, 7) is 6.40. The van der Waals surface area contributed by atoms with E-state index in [1.54, 1.807) is 25.7 Å². The lowest BCUT2D eigenvalue weighted by Gasteiger charge is -2.38. The Balaban J connectivity index is 1.63. The highest BCUT2D eigenvalue weighted by Gasteiger charge is 2.40. The van der Waals surface area contributed by atoms with Gasteiger partial charge in [0.25, 0.3) is 0 Å². The van der Waals surface area contributed by atoms with Gasteiger partial charge in [-0.1, -0.05) is 6.07 Å². The molecule has 2 heterocycles. The number of fused-ring (bicyclic) bond motifs is 1. The van der Waals surface area contributed by atoms with Crippen molar-refractivity contribution in [2.75, 3.05) is 6.54 Å². The van der Waals surface area contributed by atoms with Crippen LogP contribution in [0.1, 0.15) is 74.6 Å². The van der Waals surface area contributed by atoms with Crippen LogP contribution in [0.15, 0.2) is 18.2 Å². The number of halogens is 5. The summed E-state index contributed by atoms with van der Waals surface area (Å²) in [4.78, 5) is 19.4. The van der Waals surface area contributed by atoms with Crippen molar-refractivity contribution in [3.8, 4) is 0 Å². The van der Waals surface area contributed by atoms with Gasteiger partial charge in [0.2, 0.25) is 0 Å². The molecule has 180 valence electrons. The minimum atomic E-state index is -4.60. The average molecular weight is 579 g/mol. The fraction of sp³-hybridized carbons (Fsp3) is 0.565. The van der Waals surface area contributed by atoms with E-state index >= 15 is 0 Å². The van der Waals surface area contributed by atoms with Crippen molar-refractivity contribution in [3.05, 3.63) is 50.4 Å². The Bertz CT molecular complexity index is 1060. The number of aromatic nitrogens is 2. The quantitative estimate of drug-likeness (QED) is 0.309. The Morgan fingerprint density at radius 2 is 1.91 bits per heavy atom. The van der Waals surface area contributed by atoms with Crippen molar-refractivity contribution in [2.45, 2.75) is 76.7 Å². The Morgan fingerprint density at radius 1 is 1.21 bits per heavy atom. The molecule has 1 saturated carbocycles. The van der Waals surface area contributed by atoms with E-state index in [2.05, 4.69) is 27.2 Å². The Labute approximate surface area is 203 Å². The molecule has 1 aliphatic heterocycles. The maximum absolute atomic E-state index is 14.5. The van der Waals surface area contributed by atoms with Gasteiger partial charge in [-0.05, 0) is 86.7 Å². The van der Waals surface area contributed by atoms with Crippen LogP contribution in [-0.4, -0.2) is 32.7 Å². The number of amides is 1. The zero-order valence-electron chi connectivity index (χ0n) is 18.7. The molecule has 4 rings (SSSR count). The summed E-state index contributed by atoms with van der Waals surface area (Å²) in [6, 6.07) is 2.18. The van der Waals surface area contributed by atoms with Crippen LogP contribution in [0.2, 0.25) is 0 Å². The molecule has 0 radical (unpaired) electrons. The molecular formula is C23H26F4IN3O2. The number of imidazole rings is 1. The van der Waals surface area contributed by atoms with Crippen LogP contribution in [0, 0.1) is 9.52 Å². The zero-order chi connectivity index (χ0) is 24.1. The fourth-order valence-corrected chi connectivity index (χ4v) is 5.12. The highest BCUT2D eigenvalue weighted by Crippen LogP contribution is 2.44. The van der Waals surface area contributed by atoms with Gasteiger partial charge in [-0.3, -0.25) is 4.90 Å². The van der Waals surface area contributed by atoms with Crippen LogP contribution >= 0.6 is 22.6 Å². The van der Waals surface area contributed by atoms with Gasteiger partial charge in [0.05, 0.1) is 17.3 Å². The molecule has 5 nitrogen and oxygen atoms in total. The molecule has 2 aliphatic rings. The molecular weight excluding hydrogens is 553 g/mol. The second-order valence-electron chi connectivity index (χ2n) is 9.60. The average Bonchev–Trinajstić information content (AvgIpc) is 3.48. The number of hydrogen-bond donors (Lipinski definition) is 0. The van der Waals surface area contributed by atoms with Crippen molar-refractivity contribution in [1.82, 2.24) is 14.5 Å². The molecule has 0 N–H and O–H groups in total. The monoisotopic (exact) mass is 579 g/mol. The first-order valence-electron chi connectivity index (χ1n) is 11.0. The minimum Gasteiger partial charge on any atom is -0.444 e. The van der Waals surface area contributed by atoms with Gasteiger partial charge in [0, 0.05) is 19.0 Å². The van der Waals surface area contributed by atoms with Crippen LogP contribution in [0.3, 0.4) is 0 Å². The summed E-state index contributed by atoms with van der Waals surface area (Å²) in [5, 5.41) is 0. The number of alkyl halides is 3. The number of carbonyl (C=O) groups is 1. The van der Waals surface area contributed by atoms with E-state index in [9.17, 15) is 22.4 Å². The van der Waals surface area contributed by atoms with E-state index in [4.69, 9.17) is 9.72 Å². The third-order valence-corrected chi connectivity index (χ3v) is 6.68. The molecule has 1 unspecified atom stereocenters. The van der Waals surface area contributed by atoms with Crippen LogP contribution in [0.25, 0.3) is 0 Å². The summed E-state index contributed by atoms with van der Waals surface area (Å²) >= 11 is 2.17. The van der Waals surface area contributed by atoms with E-state index < -0.39 is 35.3 Å². The van der Waals surface area contributed by atoms with E-state index in [1.165, 1.54) is 6.07 Å². The van der Waals surface area contributed by atoms with Gasteiger partial charge in [-0.15, -0.1) is 0 Å². The number of aryl methyl sites for hydroxylation is 1. The molecule has 1 aromatic carbocycles. The predicted molar refractivity (Wildman–Crippen MR) is 122 cm³/mol. The second kappa shape index (κ2) is 8.74. The number of benzene rings is 1. The van der Waals surface area contributed by atoms with E-state index in [1.807, 2.05) is 0 Å². The molecule has 0 spiro atoms. The third kappa shape index (κ3) is 5.30. The molecule has 33 heavy (non-hydrogen) atoms. The van der Waals surface area contributed by atoms with Gasteiger partial charge in [0.15, 0.2) is 0 Å². The Kier molecular flexibility index (Phi) is 6.43. The normalized spacial score (nSPS) is 18.9. The largest absolute Gasteiger partial charge is 0.444 e. The molecule has 1 fully saturated rings. The lowest BCUT2D eigenvalue weighted by atomic mass is 9.99. The number of carbonyl (C=O) groups excluding carboxylic acids is 1. The summed E-state index contributed by atoms with van der Waals surface area (Å²) in [5.74, 6) is 0.545. The van der Waals surface area contributed by atoms with Crippen molar-refractivity contribution < 1.29 is 27.1 Å². The first kappa shape index (κ1) is 24.3. The van der Waals surface area contributed by atoms with Crippen molar-refractivity contribution in [3.63, 3.8) is 0 Å². The molecule has 1 aromatic heterocycles. The topological polar surface area (TPSA) is 47.4 Å². The van der Waals surface area contributed by atoms with Gasteiger partial charge >= 0.3 is 12.3 Å². The lowest BCUT2D eigenvalue weighted by molar-refractivity contribution is -0.137. The lowest BCUT2D eigenvalue weighted by Crippen LogP contribution is -2.45. The molecule has 0 saturated heterocycles. The fourth-order valence-electron chi connectivity index (χ4n) is 4.22. The number of nitrogens with zero attached hydrogens (tertiary/aromatic N) is 3. The van der Waals surface area contributed by atoms with Crippen molar-refractivity contribution in [1.29, 1.82) is 0 Å². The summed E-state index contributed by atoms with van der Waals surface area (Å²) in [6.07, 6.45) is -2.37. The van der Waals surface area contributed by atoms with Gasteiger partial charge < -0.3 is 9.30 Å². The minimum absolute atomic E-state index is 0.175. The standard InChI is InChI=1S/C23H26F4IN3O2/c1-22(2,3)33-21(32)30-10-11-31-18(19(28)29-20(31)14-4-5-14)17(30)9-7-13-6-8-15(12-16(13)24)23(25,26)27/h6,8,12,14,17H,4-5,7,9-11H2,1-3H3. The van der Waals surface area contributed by atoms with Crippen LogP contribution in [-0.2, 0) is 23.9 Å². The molecule has 2 aromatic rings. The predicted octanol–water partition coefficient (Wildman–Crippen LogP) is 6.45. The summed E-state index contributed by atoms with van der Waals surface area (Å²) < 4.78 is 61.7. The third-order valence-electron chi connectivity index (χ3n) is 5.89. The highest BCUT2D eigenvalue weighted by atomic mass is 127. The number of hydrogen-bond acceptors (Lipinski definition) is 3. The maximum Gasteiger partial charge on any atom is 0.416 e. The van der Waals surface area contributed by atoms with Gasteiger partial charge in [0.1, 0.15) is 20.9 Å². The Morgan fingerprint density at radius 3 is 2.48 bits per heavy atom.